The van der Waals surface area contributed by atoms with Gasteiger partial charge in [0, 0.05) is 0 Å². The number of aromatic nitrogens is 2. The number of thiophene rings is 1. The first kappa shape index (κ1) is 19.5. The molecule has 0 aromatic carbocycles. The first-order valence-corrected chi connectivity index (χ1v) is 10.1. The van der Waals surface area contributed by atoms with Gasteiger partial charge in [-0.15, -0.1) is 11.3 Å². The molecule has 7 nitrogen and oxygen atoms in total. The largest absolute Gasteiger partial charge is 0.462 e. The van der Waals surface area contributed by atoms with Crippen molar-refractivity contribution in [3.05, 3.63) is 27.1 Å². The van der Waals surface area contributed by atoms with E-state index < -0.39 is 11.9 Å². The minimum Gasteiger partial charge on any atom is -0.462 e. The Morgan fingerprint density at radius 1 is 1.37 bits per heavy atom. The molecule has 1 aliphatic carbocycles. The molecular weight excluding hydrogens is 368 g/mol. The molecule has 2 atom stereocenters. The van der Waals surface area contributed by atoms with Crippen molar-refractivity contribution in [2.75, 3.05) is 6.61 Å². The summed E-state index contributed by atoms with van der Waals surface area (Å²) >= 11 is 1.13. The molecule has 8 heteroatoms. The highest BCUT2D eigenvalue weighted by Crippen LogP contribution is 2.28. The molecule has 1 saturated carbocycles. The quantitative estimate of drug-likeness (QED) is 0.727. The summed E-state index contributed by atoms with van der Waals surface area (Å²) in [6.45, 7) is 5.65. The molecule has 0 radical (unpaired) electrons. The summed E-state index contributed by atoms with van der Waals surface area (Å²) in [7, 11) is 0. The SMILES string of the molecule is CCOC(=O)c1sc2ncn(CC(=O)O[C@@H]3CCC[C@H](C)C3)c(=O)c2c1C. The van der Waals surface area contributed by atoms with Crippen LogP contribution in [0.15, 0.2) is 11.1 Å². The van der Waals surface area contributed by atoms with Gasteiger partial charge in [0.05, 0.1) is 18.3 Å². The van der Waals surface area contributed by atoms with Crippen LogP contribution in [0.1, 0.15) is 54.8 Å². The smallest absolute Gasteiger partial charge is 0.348 e. The van der Waals surface area contributed by atoms with Crippen molar-refractivity contribution in [1.29, 1.82) is 0 Å². The lowest BCUT2D eigenvalue weighted by atomic mass is 9.89. The second-order valence-electron chi connectivity index (χ2n) is 7.02. The van der Waals surface area contributed by atoms with Crippen molar-refractivity contribution < 1.29 is 19.1 Å². The van der Waals surface area contributed by atoms with E-state index in [1.54, 1.807) is 13.8 Å². The van der Waals surface area contributed by atoms with Crippen LogP contribution in [-0.2, 0) is 20.8 Å². The van der Waals surface area contributed by atoms with E-state index in [-0.39, 0.29) is 24.8 Å². The first-order valence-electron chi connectivity index (χ1n) is 9.25. The zero-order chi connectivity index (χ0) is 19.6. The average Bonchev–Trinajstić information content (AvgIpc) is 2.95. The third-order valence-corrected chi connectivity index (χ3v) is 6.04. The zero-order valence-electron chi connectivity index (χ0n) is 15.8. The number of rotatable bonds is 5. The minimum absolute atomic E-state index is 0.0769. The minimum atomic E-state index is -0.463. The molecule has 0 bridgehead atoms. The summed E-state index contributed by atoms with van der Waals surface area (Å²) in [6, 6.07) is 0. The Labute approximate surface area is 161 Å². The maximum atomic E-state index is 12.8. The average molecular weight is 392 g/mol. The van der Waals surface area contributed by atoms with Gasteiger partial charge >= 0.3 is 11.9 Å². The van der Waals surface area contributed by atoms with Crippen LogP contribution in [-0.4, -0.2) is 34.2 Å². The van der Waals surface area contributed by atoms with Gasteiger partial charge in [-0.2, -0.15) is 0 Å². The fourth-order valence-corrected chi connectivity index (χ4v) is 4.54. The number of hydrogen-bond donors (Lipinski definition) is 0. The van der Waals surface area contributed by atoms with Gasteiger partial charge in [-0.3, -0.25) is 14.2 Å². The molecule has 1 fully saturated rings. The summed E-state index contributed by atoms with van der Waals surface area (Å²) < 4.78 is 11.8. The maximum Gasteiger partial charge on any atom is 0.348 e. The van der Waals surface area contributed by atoms with Gasteiger partial charge in [0.15, 0.2) is 0 Å². The molecule has 0 aliphatic heterocycles. The van der Waals surface area contributed by atoms with Gasteiger partial charge in [-0.1, -0.05) is 13.3 Å². The molecular formula is C19H24N2O5S. The summed E-state index contributed by atoms with van der Waals surface area (Å²) in [5, 5.41) is 0.352. The predicted octanol–water partition coefficient (Wildman–Crippen LogP) is 3.07. The van der Waals surface area contributed by atoms with Crippen LogP contribution in [0.3, 0.4) is 0 Å². The second-order valence-corrected chi connectivity index (χ2v) is 8.02. The summed E-state index contributed by atoms with van der Waals surface area (Å²) in [6.07, 6.45) is 5.21. The standard InChI is InChI=1S/C19H24N2O5S/c1-4-25-19(24)16-12(3)15-17(27-16)20-10-21(18(15)23)9-14(22)26-13-7-5-6-11(2)8-13/h10-11,13H,4-9H2,1-3H3/t11-,13+/m0/s1. The Morgan fingerprint density at radius 3 is 2.85 bits per heavy atom. The lowest BCUT2D eigenvalue weighted by Crippen LogP contribution is -2.30. The number of carbonyl (C=O) groups excluding carboxylic acids is 2. The highest BCUT2D eigenvalue weighted by atomic mass is 32.1. The van der Waals surface area contributed by atoms with E-state index in [0.717, 1.165) is 37.0 Å². The van der Waals surface area contributed by atoms with Crippen LogP contribution in [0.4, 0.5) is 0 Å². The molecule has 1 aliphatic rings. The molecule has 27 heavy (non-hydrogen) atoms. The Bertz CT molecular complexity index is 917. The molecule has 0 spiro atoms. The van der Waals surface area contributed by atoms with Gasteiger partial charge in [0.25, 0.3) is 5.56 Å². The summed E-state index contributed by atoms with van der Waals surface area (Å²) in [5.74, 6) is -0.349. The number of esters is 2. The molecule has 2 heterocycles. The number of fused-ring (bicyclic) bond motifs is 1. The number of nitrogens with zero attached hydrogens (tertiary/aromatic N) is 2. The summed E-state index contributed by atoms with van der Waals surface area (Å²) in [4.78, 5) is 42.2. The molecule has 3 rings (SSSR count). The molecule has 0 amide bonds. The van der Waals surface area contributed by atoms with E-state index >= 15 is 0 Å². The monoisotopic (exact) mass is 392 g/mol. The van der Waals surface area contributed by atoms with Crippen LogP contribution >= 0.6 is 11.3 Å². The number of ether oxygens (including phenoxy) is 2. The zero-order valence-corrected chi connectivity index (χ0v) is 16.6. The Morgan fingerprint density at radius 2 is 2.15 bits per heavy atom. The van der Waals surface area contributed by atoms with Gasteiger partial charge in [0.2, 0.25) is 0 Å². The fraction of sp³-hybridized carbons (Fsp3) is 0.579. The Kier molecular flexibility index (Phi) is 5.94. The van der Waals surface area contributed by atoms with Gasteiger partial charge in [0.1, 0.15) is 22.4 Å². The third-order valence-electron chi connectivity index (χ3n) is 4.86. The normalized spacial score (nSPS) is 19.8. The lowest BCUT2D eigenvalue weighted by Gasteiger charge is -2.26. The van der Waals surface area contributed by atoms with Crippen LogP contribution in [0, 0.1) is 12.8 Å². The Hall–Kier alpha value is -2.22. The molecule has 2 aromatic heterocycles. The van der Waals surface area contributed by atoms with E-state index in [9.17, 15) is 14.4 Å². The molecule has 0 unspecified atom stereocenters. The van der Waals surface area contributed by atoms with Crippen molar-refractivity contribution in [2.24, 2.45) is 5.92 Å². The van der Waals surface area contributed by atoms with E-state index in [0.29, 0.717) is 26.6 Å². The highest BCUT2D eigenvalue weighted by Gasteiger charge is 2.24. The van der Waals surface area contributed by atoms with Crippen LogP contribution in [0.25, 0.3) is 10.2 Å². The van der Waals surface area contributed by atoms with E-state index in [4.69, 9.17) is 9.47 Å². The topological polar surface area (TPSA) is 87.5 Å². The molecule has 0 saturated heterocycles. The van der Waals surface area contributed by atoms with Crippen LogP contribution in [0.5, 0.6) is 0 Å². The van der Waals surface area contributed by atoms with Gasteiger partial charge in [-0.05, 0) is 44.6 Å². The maximum absolute atomic E-state index is 12.8. The van der Waals surface area contributed by atoms with Gasteiger partial charge < -0.3 is 9.47 Å². The number of aryl methyl sites for hydroxylation is 1. The van der Waals surface area contributed by atoms with Gasteiger partial charge in [-0.25, -0.2) is 9.78 Å². The predicted molar refractivity (Wildman–Crippen MR) is 102 cm³/mol. The molecule has 146 valence electrons. The number of hydrogen-bond acceptors (Lipinski definition) is 7. The van der Waals surface area contributed by atoms with Crippen molar-refractivity contribution in [3.63, 3.8) is 0 Å². The molecule has 0 N–H and O–H groups in total. The van der Waals surface area contributed by atoms with E-state index in [2.05, 4.69) is 11.9 Å². The second kappa shape index (κ2) is 8.21. The van der Waals surface area contributed by atoms with E-state index in [1.807, 2.05) is 0 Å². The van der Waals surface area contributed by atoms with Crippen LogP contribution in [0.2, 0.25) is 0 Å². The Balaban J connectivity index is 1.80. The number of carbonyl (C=O) groups is 2. The van der Waals surface area contributed by atoms with Crippen molar-refractivity contribution in [1.82, 2.24) is 9.55 Å². The molecule has 2 aromatic rings. The van der Waals surface area contributed by atoms with Crippen LogP contribution < -0.4 is 5.56 Å². The van der Waals surface area contributed by atoms with Crippen molar-refractivity contribution >= 4 is 33.5 Å². The first-order chi connectivity index (χ1) is 12.9. The van der Waals surface area contributed by atoms with E-state index in [1.165, 1.54) is 10.9 Å². The fourth-order valence-electron chi connectivity index (χ4n) is 3.51. The van der Waals surface area contributed by atoms with Crippen molar-refractivity contribution in [2.45, 2.75) is 59.1 Å². The third kappa shape index (κ3) is 4.21. The van der Waals surface area contributed by atoms with Crippen molar-refractivity contribution in [3.8, 4) is 0 Å². The highest BCUT2D eigenvalue weighted by molar-refractivity contribution is 7.20. The lowest BCUT2D eigenvalue weighted by molar-refractivity contribution is -0.152. The summed E-state index contributed by atoms with van der Waals surface area (Å²) in [5.41, 5.74) is 0.188.